The lowest BCUT2D eigenvalue weighted by atomic mass is 10.4. The maximum Gasteiger partial charge on any atom is 0.174 e. The summed E-state index contributed by atoms with van der Waals surface area (Å²) in [7, 11) is 0. The molecular weight excluding hydrogens is 323 g/mol. The van der Waals surface area contributed by atoms with Gasteiger partial charge in [-0.05, 0) is 32.0 Å². The standard InChI is InChI=1S/C14H12Cl2N6/c1-8-3-4-12(20-19-8)18-13-5-9(2)21-22(13)14-11(16)6-10(15)7-17-14/h3-7H,1-2H3,(H,18,20). The second-order valence-electron chi connectivity index (χ2n) is 4.73. The van der Waals surface area contributed by atoms with E-state index in [9.17, 15) is 0 Å². The van der Waals surface area contributed by atoms with Gasteiger partial charge in [0.15, 0.2) is 11.6 Å². The van der Waals surface area contributed by atoms with E-state index in [1.54, 1.807) is 10.7 Å². The number of aryl methyl sites for hydroxylation is 2. The smallest absolute Gasteiger partial charge is 0.174 e. The monoisotopic (exact) mass is 334 g/mol. The fourth-order valence-electron chi connectivity index (χ4n) is 1.91. The van der Waals surface area contributed by atoms with Gasteiger partial charge in [0.2, 0.25) is 0 Å². The van der Waals surface area contributed by atoms with Crippen LogP contribution in [0.5, 0.6) is 0 Å². The van der Waals surface area contributed by atoms with Crippen molar-refractivity contribution in [2.75, 3.05) is 5.32 Å². The van der Waals surface area contributed by atoms with Crippen molar-refractivity contribution in [3.05, 3.63) is 51.9 Å². The predicted octanol–water partition coefficient (Wildman–Crippen LogP) is 3.72. The van der Waals surface area contributed by atoms with E-state index >= 15 is 0 Å². The Morgan fingerprint density at radius 1 is 1.05 bits per heavy atom. The quantitative estimate of drug-likeness (QED) is 0.790. The van der Waals surface area contributed by atoms with Crippen molar-refractivity contribution < 1.29 is 0 Å². The summed E-state index contributed by atoms with van der Waals surface area (Å²) in [5.41, 5.74) is 1.66. The van der Waals surface area contributed by atoms with Gasteiger partial charge in [-0.25, -0.2) is 4.98 Å². The first kappa shape index (κ1) is 14.7. The zero-order valence-electron chi connectivity index (χ0n) is 11.9. The fraction of sp³-hybridized carbons (Fsp3) is 0.143. The van der Waals surface area contributed by atoms with E-state index in [0.717, 1.165) is 11.4 Å². The summed E-state index contributed by atoms with van der Waals surface area (Å²) in [5, 5.41) is 16.5. The van der Waals surface area contributed by atoms with Gasteiger partial charge in [-0.3, -0.25) is 0 Å². The van der Waals surface area contributed by atoms with Gasteiger partial charge < -0.3 is 5.32 Å². The minimum atomic E-state index is 0.411. The maximum absolute atomic E-state index is 6.21. The molecule has 0 saturated carbocycles. The van der Waals surface area contributed by atoms with E-state index in [0.29, 0.717) is 27.5 Å². The van der Waals surface area contributed by atoms with Crippen LogP contribution < -0.4 is 5.32 Å². The third-order valence-electron chi connectivity index (χ3n) is 2.87. The average Bonchev–Trinajstić information content (AvgIpc) is 2.82. The number of nitrogens with zero attached hydrogens (tertiary/aromatic N) is 5. The van der Waals surface area contributed by atoms with Gasteiger partial charge in [-0.2, -0.15) is 14.9 Å². The van der Waals surface area contributed by atoms with E-state index in [-0.39, 0.29) is 0 Å². The summed E-state index contributed by atoms with van der Waals surface area (Å²) in [5.74, 6) is 1.78. The SMILES string of the molecule is Cc1ccc(Nc2cc(C)nn2-c2ncc(Cl)cc2Cl)nn1. The molecule has 3 heterocycles. The molecule has 8 heteroatoms. The van der Waals surface area contributed by atoms with Crippen LogP contribution in [0.15, 0.2) is 30.5 Å². The van der Waals surface area contributed by atoms with Crippen LogP contribution in [-0.4, -0.2) is 25.0 Å². The highest BCUT2D eigenvalue weighted by atomic mass is 35.5. The van der Waals surface area contributed by atoms with Crippen molar-refractivity contribution in [1.82, 2.24) is 25.0 Å². The number of aromatic nitrogens is 5. The molecule has 0 saturated heterocycles. The molecule has 1 N–H and O–H groups in total. The average molecular weight is 335 g/mol. The first-order valence-corrected chi connectivity index (χ1v) is 7.24. The maximum atomic E-state index is 6.21. The number of hydrogen-bond acceptors (Lipinski definition) is 5. The molecule has 0 aromatic carbocycles. The number of anilines is 2. The van der Waals surface area contributed by atoms with Gasteiger partial charge in [0.05, 0.1) is 21.4 Å². The number of rotatable bonds is 3. The Morgan fingerprint density at radius 3 is 2.55 bits per heavy atom. The van der Waals surface area contributed by atoms with Crippen LogP contribution in [0.25, 0.3) is 5.82 Å². The molecule has 0 spiro atoms. The summed E-state index contributed by atoms with van der Waals surface area (Å²) in [4.78, 5) is 4.24. The molecule has 6 nitrogen and oxygen atoms in total. The van der Waals surface area contributed by atoms with Crippen LogP contribution in [0.2, 0.25) is 10.0 Å². The van der Waals surface area contributed by atoms with Crippen molar-refractivity contribution in [2.45, 2.75) is 13.8 Å². The molecule has 0 radical (unpaired) electrons. The molecule has 0 aliphatic heterocycles. The van der Waals surface area contributed by atoms with Crippen LogP contribution in [-0.2, 0) is 0 Å². The van der Waals surface area contributed by atoms with Gasteiger partial charge in [-0.1, -0.05) is 23.2 Å². The predicted molar refractivity (Wildman–Crippen MR) is 86.2 cm³/mol. The molecule has 3 aromatic rings. The Kier molecular flexibility index (Phi) is 3.96. The van der Waals surface area contributed by atoms with E-state index < -0.39 is 0 Å². The van der Waals surface area contributed by atoms with Crippen molar-refractivity contribution in [2.24, 2.45) is 0 Å². The van der Waals surface area contributed by atoms with Crippen LogP contribution in [0, 0.1) is 13.8 Å². The zero-order valence-corrected chi connectivity index (χ0v) is 13.4. The second-order valence-corrected chi connectivity index (χ2v) is 5.57. The highest BCUT2D eigenvalue weighted by Gasteiger charge is 2.13. The molecule has 0 aliphatic rings. The highest BCUT2D eigenvalue weighted by molar-refractivity contribution is 6.35. The largest absolute Gasteiger partial charge is 0.323 e. The number of pyridine rings is 1. The van der Waals surface area contributed by atoms with Gasteiger partial charge in [0, 0.05) is 12.3 Å². The summed E-state index contributed by atoms with van der Waals surface area (Å²) in [6.45, 7) is 3.76. The van der Waals surface area contributed by atoms with Crippen LogP contribution in [0.3, 0.4) is 0 Å². The number of hydrogen-bond donors (Lipinski definition) is 1. The molecule has 0 aliphatic carbocycles. The van der Waals surface area contributed by atoms with Gasteiger partial charge in [-0.15, -0.1) is 5.10 Å². The Morgan fingerprint density at radius 2 is 1.86 bits per heavy atom. The Labute approximate surface area is 137 Å². The normalized spacial score (nSPS) is 10.7. The topological polar surface area (TPSA) is 68.5 Å². The highest BCUT2D eigenvalue weighted by Crippen LogP contribution is 2.26. The van der Waals surface area contributed by atoms with E-state index in [1.807, 2.05) is 32.0 Å². The van der Waals surface area contributed by atoms with Gasteiger partial charge in [0.1, 0.15) is 5.82 Å². The van der Waals surface area contributed by atoms with Crippen LogP contribution >= 0.6 is 23.2 Å². The van der Waals surface area contributed by atoms with E-state index in [2.05, 4.69) is 25.6 Å². The lowest BCUT2D eigenvalue weighted by Crippen LogP contribution is -2.06. The molecule has 0 fully saturated rings. The van der Waals surface area contributed by atoms with Crippen molar-refractivity contribution >= 4 is 34.8 Å². The molecule has 112 valence electrons. The Bertz CT molecular complexity index is 813. The number of halogens is 2. The summed E-state index contributed by atoms with van der Waals surface area (Å²) in [6.07, 6.45) is 1.52. The fourth-order valence-corrected chi connectivity index (χ4v) is 2.37. The zero-order chi connectivity index (χ0) is 15.7. The summed E-state index contributed by atoms with van der Waals surface area (Å²) >= 11 is 12.1. The second kappa shape index (κ2) is 5.90. The first-order chi connectivity index (χ1) is 10.5. The third-order valence-corrected chi connectivity index (χ3v) is 3.36. The molecular formula is C14H12Cl2N6. The molecule has 0 amide bonds. The Hall–Kier alpha value is -2.18. The summed E-state index contributed by atoms with van der Waals surface area (Å²) < 4.78 is 1.61. The molecule has 0 unspecified atom stereocenters. The van der Waals surface area contributed by atoms with E-state index in [1.165, 1.54) is 6.20 Å². The van der Waals surface area contributed by atoms with Crippen LogP contribution in [0.1, 0.15) is 11.4 Å². The molecule has 22 heavy (non-hydrogen) atoms. The van der Waals surface area contributed by atoms with Crippen molar-refractivity contribution in [3.63, 3.8) is 0 Å². The molecule has 0 atom stereocenters. The van der Waals surface area contributed by atoms with Crippen molar-refractivity contribution in [1.29, 1.82) is 0 Å². The van der Waals surface area contributed by atoms with Crippen LogP contribution in [0.4, 0.5) is 11.6 Å². The molecule has 3 aromatic heterocycles. The number of nitrogens with one attached hydrogen (secondary N) is 1. The van der Waals surface area contributed by atoms with Gasteiger partial charge >= 0.3 is 0 Å². The summed E-state index contributed by atoms with van der Waals surface area (Å²) in [6, 6.07) is 7.20. The Balaban J connectivity index is 2.01. The minimum Gasteiger partial charge on any atom is -0.323 e. The van der Waals surface area contributed by atoms with Crippen molar-refractivity contribution in [3.8, 4) is 5.82 Å². The minimum absolute atomic E-state index is 0.411. The lowest BCUT2D eigenvalue weighted by molar-refractivity contribution is 0.837. The first-order valence-electron chi connectivity index (χ1n) is 6.48. The molecule has 0 bridgehead atoms. The molecule has 3 rings (SSSR count). The lowest BCUT2D eigenvalue weighted by Gasteiger charge is -2.09. The van der Waals surface area contributed by atoms with E-state index in [4.69, 9.17) is 23.2 Å². The van der Waals surface area contributed by atoms with Gasteiger partial charge in [0.25, 0.3) is 0 Å². The third kappa shape index (κ3) is 3.03.